The van der Waals surface area contributed by atoms with Crippen molar-refractivity contribution in [3.8, 4) is 0 Å². The summed E-state index contributed by atoms with van der Waals surface area (Å²) in [6.45, 7) is 2.72. The Morgan fingerprint density at radius 1 is 1.08 bits per heavy atom. The van der Waals surface area contributed by atoms with Gasteiger partial charge in [0.25, 0.3) is 0 Å². The highest BCUT2D eigenvalue weighted by Crippen LogP contribution is 2.07. The summed E-state index contributed by atoms with van der Waals surface area (Å²) in [4.78, 5) is 0. The summed E-state index contributed by atoms with van der Waals surface area (Å²) in [5.41, 5.74) is -0.546. The van der Waals surface area contributed by atoms with Crippen LogP contribution in [0.2, 0.25) is 0 Å². The second-order valence-electron chi connectivity index (χ2n) is 3.31. The van der Waals surface area contributed by atoms with E-state index in [-0.39, 0.29) is 19.8 Å². The molecule has 0 bridgehead atoms. The Kier molecular flexibility index (Phi) is 7.17. The van der Waals surface area contributed by atoms with Crippen LogP contribution >= 0.6 is 0 Å². The number of hydrogen-bond acceptors (Lipinski definition) is 4. The Labute approximate surface area is 79.6 Å². The van der Waals surface area contributed by atoms with Gasteiger partial charge >= 0.3 is 0 Å². The molecule has 0 spiro atoms. The van der Waals surface area contributed by atoms with E-state index in [1.54, 1.807) is 0 Å². The number of hydrogen-bond donors (Lipinski definition) is 4. The van der Waals surface area contributed by atoms with E-state index in [9.17, 15) is 0 Å². The maximum absolute atomic E-state index is 9.06. The molecule has 0 atom stereocenters. The predicted octanol–water partition coefficient (Wildman–Crippen LogP) is -0.518. The molecule has 0 aliphatic heterocycles. The summed E-state index contributed by atoms with van der Waals surface area (Å²) >= 11 is 0. The molecular formula is C9H21NO3. The van der Waals surface area contributed by atoms with E-state index in [1.165, 1.54) is 0 Å². The highest BCUT2D eigenvalue weighted by atomic mass is 16.3. The molecule has 0 aromatic rings. The monoisotopic (exact) mass is 191 g/mol. The maximum atomic E-state index is 9.06. The number of aliphatic hydroxyl groups is 3. The van der Waals surface area contributed by atoms with Gasteiger partial charge in [0, 0.05) is 6.61 Å². The lowest BCUT2D eigenvalue weighted by atomic mass is 9.98. The minimum absolute atomic E-state index is 0.0564. The molecule has 13 heavy (non-hydrogen) atoms. The zero-order valence-electron chi connectivity index (χ0n) is 8.29. The normalized spacial score (nSPS) is 12.0. The summed E-state index contributed by atoms with van der Waals surface area (Å²) in [6, 6.07) is 0. The first-order valence-electron chi connectivity index (χ1n) is 4.82. The molecule has 4 N–H and O–H groups in total. The van der Waals surface area contributed by atoms with E-state index in [4.69, 9.17) is 15.3 Å². The van der Waals surface area contributed by atoms with E-state index in [0.717, 1.165) is 19.4 Å². The fourth-order valence-corrected chi connectivity index (χ4v) is 1.10. The van der Waals surface area contributed by atoms with Gasteiger partial charge in [-0.1, -0.05) is 6.92 Å². The fourth-order valence-electron chi connectivity index (χ4n) is 1.10. The molecule has 0 amide bonds. The highest BCUT2D eigenvalue weighted by Gasteiger charge is 2.24. The quantitative estimate of drug-likeness (QED) is 0.390. The molecule has 0 saturated carbocycles. The van der Waals surface area contributed by atoms with Gasteiger partial charge in [0.05, 0.1) is 18.8 Å². The second-order valence-corrected chi connectivity index (χ2v) is 3.31. The molecule has 0 aliphatic rings. The lowest BCUT2D eigenvalue weighted by Crippen LogP contribution is -2.51. The molecule has 0 aromatic heterocycles. The molecule has 0 aromatic carbocycles. The third-order valence-corrected chi connectivity index (χ3v) is 2.37. The van der Waals surface area contributed by atoms with Crippen LogP contribution in [0.3, 0.4) is 0 Å². The molecule has 0 fully saturated rings. The summed E-state index contributed by atoms with van der Waals surface area (Å²) in [5, 5.41) is 29.8. The molecule has 4 heteroatoms. The van der Waals surface area contributed by atoms with Crippen molar-refractivity contribution in [1.29, 1.82) is 0 Å². The van der Waals surface area contributed by atoms with Gasteiger partial charge in [-0.2, -0.15) is 0 Å². The van der Waals surface area contributed by atoms with Crippen molar-refractivity contribution >= 4 is 0 Å². The van der Waals surface area contributed by atoms with Gasteiger partial charge in [-0.3, -0.25) is 0 Å². The molecule has 0 rings (SSSR count). The van der Waals surface area contributed by atoms with E-state index >= 15 is 0 Å². The first-order chi connectivity index (χ1) is 6.24. The zero-order valence-corrected chi connectivity index (χ0v) is 8.29. The van der Waals surface area contributed by atoms with Crippen LogP contribution in [-0.4, -0.2) is 47.2 Å². The van der Waals surface area contributed by atoms with Gasteiger partial charge < -0.3 is 20.6 Å². The number of nitrogens with one attached hydrogen (secondary N) is 1. The lowest BCUT2D eigenvalue weighted by Gasteiger charge is -2.29. The number of rotatable bonds is 8. The molecule has 0 unspecified atom stereocenters. The van der Waals surface area contributed by atoms with Gasteiger partial charge in [0.15, 0.2) is 0 Å². The first-order valence-corrected chi connectivity index (χ1v) is 4.82. The van der Waals surface area contributed by atoms with Crippen molar-refractivity contribution in [1.82, 2.24) is 5.32 Å². The Bertz CT molecular complexity index is 107. The van der Waals surface area contributed by atoms with Crippen LogP contribution < -0.4 is 5.32 Å². The minimum atomic E-state index is -0.546. The van der Waals surface area contributed by atoms with Crippen LogP contribution in [0.1, 0.15) is 26.2 Å². The molecular weight excluding hydrogens is 170 g/mol. The zero-order chi connectivity index (χ0) is 10.2. The number of aliphatic hydroxyl groups excluding tert-OH is 3. The smallest absolute Gasteiger partial charge is 0.0645 e. The summed E-state index contributed by atoms with van der Waals surface area (Å²) in [7, 11) is 0. The van der Waals surface area contributed by atoms with Crippen molar-refractivity contribution in [2.45, 2.75) is 31.7 Å². The van der Waals surface area contributed by atoms with E-state index < -0.39 is 5.54 Å². The average Bonchev–Trinajstić information content (AvgIpc) is 2.20. The fraction of sp³-hybridized carbons (Fsp3) is 1.00. The van der Waals surface area contributed by atoms with Gasteiger partial charge in [-0.15, -0.1) is 0 Å². The van der Waals surface area contributed by atoms with Crippen LogP contribution in [0.4, 0.5) is 0 Å². The van der Waals surface area contributed by atoms with Gasteiger partial charge in [0.1, 0.15) is 0 Å². The Hall–Kier alpha value is -0.160. The summed E-state index contributed by atoms with van der Waals surface area (Å²) < 4.78 is 0. The van der Waals surface area contributed by atoms with E-state index in [2.05, 4.69) is 5.32 Å². The van der Waals surface area contributed by atoms with Crippen molar-refractivity contribution in [2.24, 2.45) is 0 Å². The molecule has 4 nitrogen and oxygen atoms in total. The first kappa shape index (κ1) is 12.8. The van der Waals surface area contributed by atoms with Crippen molar-refractivity contribution < 1.29 is 15.3 Å². The third kappa shape index (κ3) is 4.57. The Balaban J connectivity index is 3.68. The largest absolute Gasteiger partial charge is 0.396 e. The van der Waals surface area contributed by atoms with Crippen LogP contribution in [0.25, 0.3) is 0 Å². The average molecular weight is 191 g/mol. The Morgan fingerprint density at radius 2 is 1.69 bits per heavy atom. The van der Waals surface area contributed by atoms with E-state index in [0.29, 0.717) is 6.42 Å². The number of unbranched alkanes of at least 4 members (excludes halogenated alkanes) is 1. The van der Waals surface area contributed by atoms with Crippen molar-refractivity contribution in [2.75, 3.05) is 26.4 Å². The topological polar surface area (TPSA) is 72.7 Å². The van der Waals surface area contributed by atoms with Crippen LogP contribution in [0.5, 0.6) is 0 Å². The summed E-state index contributed by atoms with van der Waals surface area (Å²) in [5.74, 6) is 0. The molecule has 80 valence electrons. The third-order valence-electron chi connectivity index (χ3n) is 2.37. The van der Waals surface area contributed by atoms with Gasteiger partial charge in [0.2, 0.25) is 0 Å². The SMILES string of the molecule is CCC(CO)(CO)NCCCCO. The highest BCUT2D eigenvalue weighted by molar-refractivity contribution is 4.84. The molecule has 0 aliphatic carbocycles. The van der Waals surface area contributed by atoms with Crippen molar-refractivity contribution in [3.05, 3.63) is 0 Å². The van der Waals surface area contributed by atoms with Gasteiger partial charge in [-0.25, -0.2) is 0 Å². The van der Waals surface area contributed by atoms with Crippen molar-refractivity contribution in [3.63, 3.8) is 0 Å². The predicted molar refractivity (Wildman–Crippen MR) is 51.5 cm³/mol. The standard InChI is InChI=1S/C9H21NO3/c1-2-9(7-12,8-13)10-5-3-4-6-11/h10-13H,2-8H2,1H3. The summed E-state index contributed by atoms with van der Waals surface area (Å²) in [6.07, 6.45) is 2.31. The second kappa shape index (κ2) is 7.26. The van der Waals surface area contributed by atoms with E-state index in [1.807, 2.05) is 6.92 Å². The maximum Gasteiger partial charge on any atom is 0.0645 e. The van der Waals surface area contributed by atoms with Crippen LogP contribution in [0, 0.1) is 0 Å². The molecule has 0 saturated heterocycles. The minimum Gasteiger partial charge on any atom is -0.396 e. The van der Waals surface area contributed by atoms with Gasteiger partial charge in [-0.05, 0) is 25.8 Å². The molecule has 0 radical (unpaired) electrons. The molecule has 0 heterocycles. The Morgan fingerprint density at radius 3 is 2.08 bits per heavy atom. The lowest BCUT2D eigenvalue weighted by molar-refractivity contribution is 0.0872. The van der Waals surface area contributed by atoms with Crippen LogP contribution in [-0.2, 0) is 0 Å². The van der Waals surface area contributed by atoms with Crippen LogP contribution in [0.15, 0.2) is 0 Å².